The summed E-state index contributed by atoms with van der Waals surface area (Å²) in [5, 5.41) is 4.04. The van der Waals surface area contributed by atoms with Crippen LogP contribution in [-0.4, -0.2) is 23.1 Å². The normalized spacial score (nSPS) is 15.0. The molecule has 0 aliphatic heterocycles. The molecular formula is C17H20ClN3O. The Morgan fingerprint density at radius 1 is 1.14 bits per heavy atom. The molecule has 0 amide bonds. The third kappa shape index (κ3) is 3.17. The summed E-state index contributed by atoms with van der Waals surface area (Å²) in [4.78, 5) is 8.89. The van der Waals surface area contributed by atoms with Gasteiger partial charge in [-0.15, -0.1) is 0 Å². The molecule has 1 N–H and O–H groups in total. The number of methoxy groups -OCH3 is 1. The average molecular weight is 318 g/mol. The first kappa shape index (κ1) is 15.1. The van der Waals surface area contributed by atoms with Crippen LogP contribution in [0.4, 0.5) is 5.82 Å². The van der Waals surface area contributed by atoms with E-state index in [0.29, 0.717) is 17.0 Å². The highest BCUT2D eigenvalue weighted by molar-refractivity contribution is 6.32. The molecule has 1 aliphatic carbocycles. The number of aromatic nitrogens is 2. The molecule has 0 atom stereocenters. The van der Waals surface area contributed by atoms with Crippen LogP contribution < -0.4 is 10.1 Å². The molecule has 4 nitrogen and oxygen atoms in total. The van der Waals surface area contributed by atoms with E-state index in [2.05, 4.69) is 15.3 Å². The number of nitrogens with zero attached hydrogens (tertiary/aromatic N) is 2. The van der Waals surface area contributed by atoms with Crippen LogP contribution in [0.5, 0.6) is 5.75 Å². The number of aryl methyl sites for hydroxylation is 1. The number of anilines is 1. The van der Waals surface area contributed by atoms with Crippen molar-refractivity contribution in [1.29, 1.82) is 0 Å². The lowest BCUT2D eigenvalue weighted by Gasteiger charge is -2.17. The summed E-state index contributed by atoms with van der Waals surface area (Å²) in [7, 11) is 1.66. The molecule has 0 saturated heterocycles. The Morgan fingerprint density at radius 3 is 2.45 bits per heavy atom. The van der Waals surface area contributed by atoms with Gasteiger partial charge in [-0.2, -0.15) is 0 Å². The second-order valence-electron chi connectivity index (χ2n) is 5.64. The van der Waals surface area contributed by atoms with Gasteiger partial charge in [0.05, 0.1) is 12.7 Å². The zero-order valence-electron chi connectivity index (χ0n) is 12.9. The summed E-state index contributed by atoms with van der Waals surface area (Å²) in [5.41, 5.74) is 1.85. The summed E-state index contributed by atoms with van der Waals surface area (Å²) < 4.78 is 5.21. The lowest BCUT2D eigenvalue weighted by atomic mass is 10.1. The molecule has 3 rings (SSSR count). The molecule has 1 heterocycles. The second kappa shape index (κ2) is 6.53. The fourth-order valence-electron chi connectivity index (χ4n) is 2.92. The number of benzene rings is 1. The molecule has 0 bridgehead atoms. The van der Waals surface area contributed by atoms with Crippen molar-refractivity contribution >= 4 is 17.4 Å². The summed E-state index contributed by atoms with van der Waals surface area (Å²) in [6.07, 6.45) is 4.91. The van der Waals surface area contributed by atoms with Crippen molar-refractivity contribution < 1.29 is 4.74 Å². The molecule has 22 heavy (non-hydrogen) atoms. The van der Waals surface area contributed by atoms with E-state index in [1.54, 1.807) is 7.11 Å². The third-order valence-electron chi connectivity index (χ3n) is 4.05. The van der Waals surface area contributed by atoms with E-state index >= 15 is 0 Å². The van der Waals surface area contributed by atoms with E-state index in [0.717, 1.165) is 22.7 Å². The van der Waals surface area contributed by atoms with Crippen LogP contribution in [0.25, 0.3) is 11.1 Å². The summed E-state index contributed by atoms with van der Waals surface area (Å²) >= 11 is 6.41. The van der Waals surface area contributed by atoms with Crippen molar-refractivity contribution in [2.24, 2.45) is 0 Å². The van der Waals surface area contributed by atoms with E-state index in [-0.39, 0.29) is 0 Å². The van der Waals surface area contributed by atoms with Gasteiger partial charge < -0.3 is 10.1 Å². The maximum Gasteiger partial charge on any atom is 0.142 e. The lowest BCUT2D eigenvalue weighted by molar-refractivity contribution is 0.415. The highest BCUT2D eigenvalue weighted by atomic mass is 35.5. The van der Waals surface area contributed by atoms with E-state index in [1.165, 1.54) is 25.7 Å². The molecule has 1 aromatic heterocycles. The molecule has 0 spiro atoms. The monoisotopic (exact) mass is 317 g/mol. The van der Waals surface area contributed by atoms with Gasteiger partial charge in [0.2, 0.25) is 0 Å². The Morgan fingerprint density at radius 2 is 1.82 bits per heavy atom. The van der Waals surface area contributed by atoms with Crippen LogP contribution in [0.2, 0.25) is 5.15 Å². The fraction of sp³-hybridized carbons (Fsp3) is 0.412. The molecule has 5 heteroatoms. The standard InChI is InChI=1S/C17H20ClN3O/c1-11-19-16(18)15(12-7-9-14(22-2)10-8-12)17(20-11)21-13-5-3-4-6-13/h7-10,13H,3-6H2,1-2H3,(H,19,20,21). The maximum atomic E-state index is 6.41. The zero-order valence-corrected chi connectivity index (χ0v) is 13.7. The molecule has 1 aromatic carbocycles. The topological polar surface area (TPSA) is 47.0 Å². The number of nitrogens with one attached hydrogen (secondary N) is 1. The van der Waals surface area contributed by atoms with Crippen LogP contribution >= 0.6 is 11.6 Å². The van der Waals surface area contributed by atoms with Crippen molar-refractivity contribution in [3.63, 3.8) is 0 Å². The van der Waals surface area contributed by atoms with E-state index < -0.39 is 0 Å². The van der Waals surface area contributed by atoms with Crippen LogP contribution in [0.3, 0.4) is 0 Å². The summed E-state index contributed by atoms with van der Waals surface area (Å²) in [5.74, 6) is 2.33. The van der Waals surface area contributed by atoms with Crippen LogP contribution in [-0.2, 0) is 0 Å². The molecule has 116 valence electrons. The highest BCUT2D eigenvalue weighted by Crippen LogP contribution is 2.35. The van der Waals surface area contributed by atoms with Crippen LogP contribution in [0.1, 0.15) is 31.5 Å². The zero-order chi connectivity index (χ0) is 15.5. The number of hydrogen-bond donors (Lipinski definition) is 1. The number of halogens is 1. The van der Waals surface area contributed by atoms with E-state index in [1.807, 2.05) is 31.2 Å². The molecule has 1 saturated carbocycles. The van der Waals surface area contributed by atoms with Gasteiger partial charge in [0.25, 0.3) is 0 Å². The second-order valence-corrected chi connectivity index (χ2v) is 6.00. The minimum Gasteiger partial charge on any atom is -0.497 e. The third-order valence-corrected chi connectivity index (χ3v) is 4.32. The van der Waals surface area contributed by atoms with Crippen molar-refractivity contribution in [2.75, 3.05) is 12.4 Å². The Hall–Kier alpha value is -1.81. The van der Waals surface area contributed by atoms with Crippen molar-refractivity contribution in [3.05, 3.63) is 35.2 Å². The fourth-order valence-corrected chi connectivity index (χ4v) is 3.24. The van der Waals surface area contributed by atoms with Crippen LogP contribution in [0.15, 0.2) is 24.3 Å². The molecule has 1 aliphatic rings. The summed E-state index contributed by atoms with van der Waals surface area (Å²) in [6.45, 7) is 1.86. The molecule has 0 radical (unpaired) electrons. The quantitative estimate of drug-likeness (QED) is 0.845. The highest BCUT2D eigenvalue weighted by Gasteiger charge is 2.20. The van der Waals surface area contributed by atoms with Gasteiger partial charge in [-0.05, 0) is 37.5 Å². The largest absolute Gasteiger partial charge is 0.497 e. The van der Waals surface area contributed by atoms with Gasteiger partial charge in [-0.25, -0.2) is 9.97 Å². The molecular weight excluding hydrogens is 298 g/mol. The SMILES string of the molecule is COc1ccc(-c2c(Cl)nc(C)nc2NC2CCCC2)cc1. The first-order valence-corrected chi connectivity index (χ1v) is 8.00. The van der Waals surface area contributed by atoms with Crippen molar-refractivity contribution in [2.45, 2.75) is 38.6 Å². The van der Waals surface area contributed by atoms with Gasteiger partial charge in [-0.1, -0.05) is 36.6 Å². The van der Waals surface area contributed by atoms with E-state index in [9.17, 15) is 0 Å². The minimum absolute atomic E-state index is 0.474. The molecule has 2 aromatic rings. The molecule has 0 unspecified atom stereocenters. The molecule has 1 fully saturated rings. The average Bonchev–Trinajstić information content (AvgIpc) is 3.00. The van der Waals surface area contributed by atoms with Gasteiger partial charge in [-0.3, -0.25) is 0 Å². The Balaban J connectivity index is 1.99. The van der Waals surface area contributed by atoms with Gasteiger partial charge in [0.15, 0.2) is 0 Å². The van der Waals surface area contributed by atoms with Crippen LogP contribution in [0, 0.1) is 6.92 Å². The number of hydrogen-bond acceptors (Lipinski definition) is 4. The maximum absolute atomic E-state index is 6.41. The smallest absolute Gasteiger partial charge is 0.142 e. The summed E-state index contributed by atoms with van der Waals surface area (Å²) in [6, 6.07) is 8.29. The lowest BCUT2D eigenvalue weighted by Crippen LogP contribution is -2.17. The predicted octanol–water partition coefficient (Wildman–Crippen LogP) is 4.47. The Labute approximate surface area is 135 Å². The van der Waals surface area contributed by atoms with E-state index in [4.69, 9.17) is 16.3 Å². The number of rotatable bonds is 4. The van der Waals surface area contributed by atoms with Crippen molar-refractivity contribution in [3.8, 4) is 16.9 Å². The Kier molecular flexibility index (Phi) is 4.48. The Bertz CT molecular complexity index is 652. The predicted molar refractivity (Wildman–Crippen MR) is 89.6 cm³/mol. The van der Waals surface area contributed by atoms with Crippen molar-refractivity contribution in [1.82, 2.24) is 9.97 Å². The first-order chi connectivity index (χ1) is 10.7. The van der Waals surface area contributed by atoms with Gasteiger partial charge in [0, 0.05) is 6.04 Å². The minimum atomic E-state index is 0.474. The number of ether oxygens (including phenoxy) is 1. The first-order valence-electron chi connectivity index (χ1n) is 7.62. The van der Waals surface area contributed by atoms with Gasteiger partial charge in [0.1, 0.15) is 22.5 Å². The van der Waals surface area contributed by atoms with Gasteiger partial charge >= 0.3 is 0 Å².